The van der Waals surface area contributed by atoms with Crippen molar-refractivity contribution in [3.63, 3.8) is 0 Å². The normalized spacial score (nSPS) is 9.92. The topological polar surface area (TPSA) is 67.1 Å². The number of hydrazine groups is 1. The zero-order chi connectivity index (χ0) is 10.0. The molecular weight excluding hydrogens is 166 g/mol. The van der Waals surface area contributed by atoms with E-state index in [-0.39, 0.29) is 0 Å². The fraction of sp³-hybridized carbons (Fsp3) is 0.500. The first-order valence-corrected chi connectivity index (χ1v) is 4.05. The van der Waals surface area contributed by atoms with Crippen molar-refractivity contribution in [3.05, 3.63) is 11.3 Å². The van der Waals surface area contributed by atoms with Crippen molar-refractivity contribution in [2.75, 3.05) is 24.4 Å². The molecule has 0 aliphatic heterocycles. The molecule has 5 heteroatoms. The molecule has 0 radical (unpaired) electrons. The summed E-state index contributed by atoms with van der Waals surface area (Å²) >= 11 is 0. The Morgan fingerprint density at radius 3 is 2.31 bits per heavy atom. The van der Waals surface area contributed by atoms with Gasteiger partial charge in [0, 0.05) is 25.4 Å². The van der Waals surface area contributed by atoms with E-state index in [1.807, 2.05) is 32.8 Å². The van der Waals surface area contributed by atoms with Gasteiger partial charge in [0.2, 0.25) is 5.95 Å². The Bertz CT molecular complexity index is 308. The highest BCUT2D eigenvalue weighted by Crippen LogP contribution is 2.16. The van der Waals surface area contributed by atoms with Crippen molar-refractivity contribution in [2.24, 2.45) is 5.84 Å². The zero-order valence-electron chi connectivity index (χ0n) is 8.42. The molecule has 0 saturated carbocycles. The zero-order valence-corrected chi connectivity index (χ0v) is 8.42. The Labute approximate surface area is 78.0 Å². The second-order valence-corrected chi connectivity index (χ2v) is 3.12. The first-order valence-electron chi connectivity index (χ1n) is 4.05. The van der Waals surface area contributed by atoms with Crippen LogP contribution in [0, 0.1) is 13.8 Å². The molecule has 1 aromatic heterocycles. The van der Waals surface area contributed by atoms with E-state index in [0.717, 1.165) is 11.3 Å². The van der Waals surface area contributed by atoms with Gasteiger partial charge in [-0.1, -0.05) is 0 Å². The molecule has 0 unspecified atom stereocenters. The number of nitrogens with one attached hydrogen (secondary N) is 1. The minimum Gasteiger partial charge on any atom is -0.347 e. The van der Waals surface area contributed by atoms with Crippen molar-refractivity contribution in [2.45, 2.75) is 13.8 Å². The monoisotopic (exact) mass is 181 g/mol. The molecule has 0 atom stereocenters. The lowest BCUT2D eigenvalue weighted by atomic mass is 10.2. The molecule has 5 nitrogen and oxygen atoms in total. The summed E-state index contributed by atoms with van der Waals surface area (Å²) in [7, 11) is 3.79. The highest BCUT2D eigenvalue weighted by molar-refractivity contribution is 5.49. The largest absolute Gasteiger partial charge is 0.347 e. The van der Waals surface area contributed by atoms with Gasteiger partial charge >= 0.3 is 0 Å². The van der Waals surface area contributed by atoms with Crippen molar-refractivity contribution < 1.29 is 0 Å². The summed E-state index contributed by atoms with van der Waals surface area (Å²) in [5, 5.41) is 0. The summed E-state index contributed by atoms with van der Waals surface area (Å²) in [6.45, 7) is 3.87. The van der Waals surface area contributed by atoms with Crippen molar-refractivity contribution in [1.29, 1.82) is 0 Å². The molecule has 0 amide bonds. The van der Waals surface area contributed by atoms with E-state index < -0.39 is 0 Å². The highest BCUT2D eigenvalue weighted by atomic mass is 15.3. The molecule has 0 fully saturated rings. The van der Waals surface area contributed by atoms with Gasteiger partial charge in [-0.2, -0.15) is 4.98 Å². The van der Waals surface area contributed by atoms with E-state index >= 15 is 0 Å². The van der Waals surface area contributed by atoms with Crippen LogP contribution in [0.3, 0.4) is 0 Å². The summed E-state index contributed by atoms with van der Waals surface area (Å²) in [5.41, 5.74) is 4.47. The van der Waals surface area contributed by atoms with E-state index in [1.165, 1.54) is 0 Å². The first-order chi connectivity index (χ1) is 6.06. The average Bonchev–Trinajstić information content (AvgIpc) is 2.09. The number of aryl methyl sites for hydroxylation is 1. The maximum absolute atomic E-state index is 5.33. The molecule has 0 spiro atoms. The van der Waals surface area contributed by atoms with Gasteiger partial charge in [-0.25, -0.2) is 10.8 Å². The number of rotatable bonds is 2. The predicted molar refractivity (Wildman–Crippen MR) is 53.6 cm³/mol. The van der Waals surface area contributed by atoms with Gasteiger partial charge in [-0.15, -0.1) is 0 Å². The van der Waals surface area contributed by atoms with E-state index in [2.05, 4.69) is 15.4 Å². The average molecular weight is 181 g/mol. The molecule has 13 heavy (non-hydrogen) atoms. The first kappa shape index (κ1) is 9.73. The number of hydrogen-bond donors (Lipinski definition) is 2. The van der Waals surface area contributed by atoms with Crippen LogP contribution in [0.2, 0.25) is 0 Å². The Morgan fingerprint density at radius 2 is 1.85 bits per heavy atom. The van der Waals surface area contributed by atoms with E-state index in [4.69, 9.17) is 5.84 Å². The SMILES string of the molecule is Cc1nc(N(C)C)nc(NN)c1C. The maximum atomic E-state index is 5.33. The van der Waals surface area contributed by atoms with Gasteiger partial charge < -0.3 is 10.3 Å². The Hall–Kier alpha value is -1.36. The van der Waals surface area contributed by atoms with Gasteiger partial charge in [-0.3, -0.25) is 0 Å². The Kier molecular flexibility index (Phi) is 2.67. The lowest BCUT2D eigenvalue weighted by molar-refractivity contribution is 0.960. The summed E-state index contributed by atoms with van der Waals surface area (Å²) in [6, 6.07) is 0. The van der Waals surface area contributed by atoms with Crippen LogP contribution in [-0.4, -0.2) is 24.1 Å². The smallest absolute Gasteiger partial charge is 0.227 e. The quantitative estimate of drug-likeness (QED) is 0.512. The standard InChI is InChI=1S/C8H15N5/c1-5-6(2)10-8(13(3)4)11-7(5)12-9/h9H2,1-4H3,(H,10,11,12). The lowest BCUT2D eigenvalue weighted by Gasteiger charge is -2.14. The molecule has 1 rings (SSSR count). The summed E-state index contributed by atoms with van der Waals surface area (Å²) in [5.74, 6) is 6.67. The highest BCUT2D eigenvalue weighted by Gasteiger charge is 2.07. The molecule has 0 bridgehead atoms. The number of anilines is 2. The minimum atomic E-state index is 0.663. The number of hydrogen-bond acceptors (Lipinski definition) is 5. The van der Waals surface area contributed by atoms with Gasteiger partial charge in [0.25, 0.3) is 0 Å². The van der Waals surface area contributed by atoms with E-state index in [1.54, 1.807) is 0 Å². The number of nitrogen functional groups attached to an aromatic ring is 1. The molecule has 1 heterocycles. The van der Waals surface area contributed by atoms with Crippen molar-refractivity contribution >= 4 is 11.8 Å². The lowest BCUT2D eigenvalue weighted by Crippen LogP contribution is -2.17. The maximum Gasteiger partial charge on any atom is 0.227 e. The Balaban J connectivity index is 3.22. The van der Waals surface area contributed by atoms with Crippen molar-refractivity contribution in [1.82, 2.24) is 9.97 Å². The third-order valence-electron chi connectivity index (χ3n) is 1.91. The second-order valence-electron chi connectivity index (χ2n) is 3.12. The van der Waals surface area contributed by atoms with E-state index in [9.17, 15) is 0 Å². The fourth-order valence-electron chi connectivity index (χ4n) is 0.955. The van der Waals surface area contributed by atoms with Crippen LogP contribution in [0.25, 0.3) is 0 Å². The third-order valence-corrected chi connectivity index (χ3v) is 1.91. The molecule has 72 valence electrons. The van der Waals surface area contributed by atoms with Crippen LogP contribution in [0.5, 0.6) is 0 Å². The number of aromatic nitrogens is 2. The molecule has 0 aliphatic carbocycles. The van der Waals surface area contributed by atoms with Crippen molar-refractivity contribution in [3.8, 4) is 0 Å². The molecule has 0 aromatic carbocycles. The molecular formula is C8H15N5. The van der Waals surface area contributed by atoms with Crippen LogP contribution in [0.1, 0.15) is 11.3 Å². The van der Waals surface area contributed by atoms with Crippen LogP contribution in [0.15, 0.2) is 0 Å². The van der Waals surface area contributed by atoms with Crippen LogP contribution >= 0.6 is 0 Å². The Morgan fingerprint density at radius 1 is 1.23 bits per heavy atom. The van der Waals surface area contributed by atoms with E-state index in [0.29, 0.717) is 11.8 Å². The summed E-state index contributed by atoms with van der Waals surface area (Å²) in [4.78, 5) is 10.4. The second kappa shape index (κ2) is 3.57. The van der Waals surface area contributed by atoms with Crippen LogP contribution in [-0.2, 0) is 0 Å². The van der Waals surface area contributed by atoms with Gasteiger partial charge in [0.05, 0.1) is 0 Å². The van der Waals surface area contributed by atoms with Gasteiger partial charge in [0.1, 0.15) is 5.82 Å². The predicted octanol–water partition coefficient (Wildman–Crippen LogP) is 0.445. The number of nitrogens with zero attached hydrogens (tertiary/aromatic N) is 3. The molecule has 1 aromatic rings. The molecule has 3 N–H and O–H groups in total. The number of nitrogens with two attached hydrogens (primary N) is 1. The molecule has 0 saturated heterocycles. The van der Waals surface area contributed by atoms with Gasteiger partial charge in [0.15, 0.2) is 0 Å². The fourth-order valence-corrected chi connectivity index (χ4v) is 0.955. The minimum absolute atomic E-state index is 0.663. The summed E-state index contributed by atoms with van der Waals surface area (Å²) < 4.78 is 0. The summed E-state index contributed by atoms with van der Waals surface area (Å²) in [6.07, 6.45) is 0. The molecule has 0 aliphatic rings. The van der Waals surface area contributed by atoms with Crippen LogP contribution < -0.4 is 16.2 Å². The van der Waals surface area contributed by atoms with Crippen LogP contribution in [0.4, 0.5) is 11.8 Å². The third kappa shape index (κ3) is 1.86. The van der Waals surface area contributed by atoms with Gasteiger partial charge in [-0.05, 0) is 13.8 Å².